The van der Waals surface area contributed by atoms with Crippen molar-refractivity contribution in [1.82, 2.24) is 9.36 Å². The molecule has 2 aromatic rings. The van der Waals surface area contributed by atoms with E-state index in [-0.39, 0.29) is 51.6 Å². The molecule has 156 valence electrons. The van der Waals surface area contributed by atoms with Gasteiger partial charge in [-0.1, -0.05) is 23.2 Å². The number of ether oxygens (including phenoxy) is 2. The molecule has 0 amide bonds. The fraction of sp³-hybridized carbons (Fsp3) is 0.368. The monoisotopic (exact) mass is 444 g/mol. The Morgan fingerprint density at radius 1 is 1.28 bits per heavy atom. The van der Waals surface area contributed by atoms with E-state index in [2.05, 4.69) is 0 Å². The minimum Gasteiger partial charge on any atom is -0.494 e. The summed E-state index contributed by atoms with van der Waals surface area (Å²) in [5, 5.41) is 9.02. The molecule has 0 bridgehead atoms. The molecule has 0 atom stereocenters. The minimum absolute atomic E-state index is 0.0300. The number of nitrogens with zero attached hydrogens (tertiary/aromatic N) is 2. The average Bonchev–Trinajstić information content (AvgIpc) is 2.92. The van der Waals surface area contributed by atoms with Gasteiger partial charge in [-0.25, -0.2) is 13.9 Å². The summed E-state index contributed by atoms with van der Waals surface area (Å²) in [5.41, 5.74) is -0.379. The number of hydrogen-bond donors (Lipinski definition) is 1. The molecule has 0 aliphatic carbocycles. The molecular weight excluding hydrogens is 426 g/mol. The molecule has 0 saturated carbocycles. The van der Waals surface area contributed by atoms with E-state index in [1.807, 2.05) is 0 Å². The highest BCUT2D eigenvalue weighted by Crippen LogP contribution is 2.36. The molecule has 0 spiro atoms. The zero-order valence-electron chi connectivity index (χ0n) is 15.6. The quantitative estimate of drug-likeness (QED) is 0.516. The van der Waals surface area contributed by atoms with Crippen molar-refractivity contribution >= 4 is 29.2 Å². The highest BCUT2D eigenvalue weighted by atomic mass is 35.5. The Balaban J connectivity index is 1.98. The molecule has 2 heterocycles. The largest absolute Gasteiger partial charge is 0.494 e. The van der Waals surface area contributed by atoms with E-state index in [1.54, 1.807) is 11.6 Å². The van der Waals surface area contributed by atoms with Crippen LogP contribution in [-0.2, 0) is 22.6 Å². The molecule has 10 heteroatoms. The second kappa shape index (κ2) is 8.92. The van der Waals surface area contributed by atoms with Crippen molar-refractivity contribution in [3.63, 3.8) is 0 Å². The van der Waals surface area contributed by atoms with Gasteiger partial charge < -0.3 is 14.6 Å². The number of carboxylic acid groups (broad SMARTS) is 1. The highest BCUT2D eigenvalue weighted by molar-refractivity contribution is 6.33. The maximum atomic E-state index is 14.7. The standard InChI is InChI=1S/C19H19Cl2FN2O5/c1-2-28-11(7-16(25)26)10-29-15-8-12(14(22)9-13(15)20)17-18(21)23-5-3-4-6-24(23)19(17)27/h7-9H,2-6,10H2,1H3,(H,25,26)/b11-7+. The number of carboxylic acids is 1. The summed E-state index contributed by atoms with van der Waals surface area (Å²) in [6, 6.07) is 2.32. The molecule has 0 fully saturated rings. The summed E-state index contributed by atoms with van der Waals surface area (Å²) in [7, 11) is 0. The fourth-order valence-electron chi connectivity index (χ4n) is 3.18. The van der Waals surface area contributed by atoms with Gasteiger partial charge in [0.1, 0.15) is 29.1 Å². The van der Waals surface area contributed by atoms with Gasteiger partial charge in [0.2, 0.25) is 0 Å². The molecule has 1 aromatic heterocycles. The van der Waals surface area contributed by atoms with E-state index in [1.165, 1.54) is 10.7 Å². The number of fused-ring (bicyclic) bond motifs is 1. The summed E-state index contributed by atoms with van der Waals surface area (Å²) in [6.45, 7) is 2.79. The molecule has 1 aliphatic heterocycles. The predicted octanol–water partition coefficient (Wildman–Crippen LogP) is 3.94. The van der Waals surface area contributed by atoms with Gasteiger partial charge in [-0.2, -0.15) is 0 Å². The van der Waals surface area contributed by atoms with Crippen LogP contribution in [0.25, 0.3) is 11.1 Å². The molecule has 3 rings (SSSR count). The van der Waals surface area contributed by atoms with E-state index in [0.29, 0.717) is 13.1 Å². The Kier molecular flexibility index (Phi) is 6.54. The van der Waals surface area contributed by atoms with E-state index in [4.69, 9.17) is 37.8 Å². The third-order valence-electron chi connectivity index (χ3n) is 4.44. The molecule has 1 N–H and O–H groups in total. The van der Waals surface area contributed by atoms with Gasteiger partial charge in [0, 0.05) is 18.7 Å². The number of aromatic nitrogens is 2. The van der Waals surface area contributed by atoms with Crippen LogP contribution >= 0.6 is 23.2 Å². The van der Waals surface area contributed by atoms with E-state index >= 15 is 0 Å². The number of halogens is 3. The summed E-state index contributed by atoms with van der Waals surface area (Å²) in [4.78, 5) is 23.7. The lowest BCUT2D eigenvalue weighted by Gasteiger charge is -2.17. The lowest BCUT2D eigenvalue weighted by atomic mass is 10.1. The van der Waals surface area contributed by atoms with Crippen LogP contribution in [0.15, 0.2) is 28.8 Å². The second-order valence-corrected chi connectivity index (χ2v) is 7.12. The lowest BCUT2D eigenvalue weighted by Crippen LogP contribution is -2.27. The number of aliphatic carboxylic acids is 1. The van der Waals surface area contributed by atoms with E-state index in [0.717, 1.165) is 25.0 Å². The Morgan fingerprint density at radius 3 is 2.59 bits per heavy atom. The molecule has 1 aliphatic rings. The first-order valence-electron chi connectivity index (χ1n) is 9.01. The molecular formula is C19H19Cl2FN2O5. The summed E-state index contributed by atoms with van der Waals surface area (Å²) >= 11 is 12.5. The van der Waals surface area contributed by atoms with Crippen LogP contribution in [0.2, 0.25) is 10.2 Å². The molecule has 1 aromatic carbocycles. The van der Waals surface area contributed by atoms with Crippen molar-refractivity contribution in [1.29, 1.82) is 0 Å². The van der Waals surface area contributed by atoms with Crippen LogP contribution in [0.4, 0.5) is 4.39 Å². The van der Waals surface area contributed by atoms with Crippen LogP contribution in [0.3, 0.4) is 0 Å². The SMILES string of the molecule is CCO/C(=C/C(=O)O)COc1cc(-c2c(Cl)n3n(c2=O)CCCC3)c(F)cc1Cl. The lowest BCUT2D eigenvalue weighted by molar-refractivity contribution is -0.131. The number of rotatable bonds is 7. The van der Waals surface area contributed by atoms with Crippen LogP contribution in [0, 0.1) is 5.82 Å². The molecule has 0 saturated heterocycles. The second-order valence-electron chi connectivity index (χ2n) is 6.36. The van der Waals surface area contributed by atoms with Crippen molar-refractivity contribution < 1.29 is 23.8 Å². The minimum atomic E-state index is -1.19. The normalized spacial score (nSPS) is 13.9. The van der Waals surface area contributed by atoms with Gasteiger partial charge in [-0.05, 0) is 31.9 Å². The Hall–Kier alpha value is -2.45. The topological polar surface area (TPSA) is 82.7 Å². The first-order valence-corrected chi connectivity index (χ1v) is 9.76. The van der Waals surface area contributed by atoms with Crippen molar-refractivity contribution in [3.05, 3.63) is 50.3 Å². The molecule has 7 nitrogen and oxygen atoms in total. The maximum absolute atomic E-state index is 14.7. The van der Waals surface area contributed by atoms with Crippen molar-refractivity contribution in [2.45, 2.75) is 32.9 Å². The zero-order valence-corrected chi connectivity index (χ0v) is 17.1. The van der Waals surface area contributed by atoms with Gasteiger partial charge in [-0.3, -0.25) is 9.48 Å². The highest BCUT2D eigenvalue weighted by Gasteiger charge is 2.25. The maximum Gasteiger partial charge on any atom is 0.331 e. The number of hydrogen-bond acceptors (Lipinski definition) is 4. The number of benzene rings is 1. The van der Waals surface area contributed by atoms with Gasteiger partial charge in [0.25, 0.3) is 5.56 Å². The van der Waals surface area contributed by atoms with Crippen molar-refractivity contribution in [2.75, 3.05) is 13.2 Å². The Labute approximate surface area is 175 Å². The van der Waals surface area contributed by atoms with Crippen LogP contribution < -0.4 is 10.3 Å². The first-order chi connectivity index (χ1) is 13.8. The van der Waals surface area contributed by atoms with E-state index in [9.17, 15) is 14.0 Å². The van der Waals surface area contributed by atoms with Crippen molar-refractivity contribution in [3.8, 4) is 16.9 Å². The average molecular weight is 445 g/mol. The smallest absolute Gasteiger partial charge is 0.331 e. The Morgan fingerprint density at radius 2 is 1.97 bits per heavy atom. The summed E-state index contributed by atoms with van der Waals surface area (Å²) in [6.07, 6.45) is 2.58. The molecule has 0 radical (unpaired) electrons. The van der Waals surface area contributed by atoms with Crippen LogP contribution in [0.1, 0.15) is 19.8 Å². The third-order valence-corrected chi connectivity index (χ3v) is 5.12. The van der Waals surface area contributed by atoms with Gasteiger partial charge in [0.05, 0.1) is 23.3 Å². The first kappa shape index (κ1) is 21.3. The molecule has 29 heavy (non-hydrogen) atoms. The number of carbonyl (C=O) groups is 1. The molecule has 0 unspecified atom stereocenters. The van der Waals surface area contributed by atoms with Crippen molar-refractivity contribution in [2.24, 2.45) is 0 Å². The zero-order chi connectivity index (χ0) is 21.1. The fourth-order valence-corrected chi connectivity index (χ4v) is 3.74. The van der Waals surface area contributed by atoms with Gasteiger partial charge >= 0.3 is 5.97 Å². The van der Waals surface area contributed by atoms with E-state index < -0.39 is 11.8 Å². The van der Waals surface area contributed by atoms with Crippen LogP contribution in [-0.4, -0.2) is 33.7 Å². The summed E-state index contributed by atoms with van der Waals surface area (Å²) < 4.78 is 28.5. The van der Waals surface area contributed by atoms with Gasteiger partial charge in [0.15, 0.2) is 0 Å². The van der Waals surface area contributed by atoms with Crippen LogP contribution in [0.5, 0.6) is 5.75 Å². The Bertz CT molecular complexity index is 1030. The predicted molar refractivity (Wildman–Crippen MR) is 106 cm³/mol. The third kappa shape index (κ3) is 4.43. The van der Waals surface area contributed by atoms with Gasteiger partial charge in [-0.15, -0.1) is 0 Å². The summed E-state index contributed by atoms with van der Waals surface area (Å²) in [5.74, 6) is -1.76.